The normalized spacial score (nSPS) is 13.2. The van der Waals surface area contributed by atoms with Crippen LogP contribution < -0.4 is 0 Å². The van der Waals surface area contributed by atoms with Crippen molar-refractivity contribution in [2.45, 2.75) is 27.7 Å². The number of allylic oxidation sites excluding steroid dienone is 1. The van der Waals surface area contributed by atoms with Crippen molar-refractivity contribution >= 4 is 13.6 Å². The number of carboxylic acid groups (broad SMARTS) is 1. The van der Waals surface area contributed by atoms with Gasteiger partial charge in [0.15, 0.2) is 0 Å². The van der Waals surface area contributed by atoms with E-state index in [1.807, 2.05) is 0 Å². The first-order valence-electron chi connectivity index (χ1n) is 5.22. The Morgan fingerprint density at radius 3 is 2.00 bits per heavy atom. The zero-order valence-corrected chi connectivity index (χ0v) is 11.0. The molecule has 1 N–H and O–H groups in total. The summed E-state index contributed by atoms with van der Waals surface area (Å²) in [5.41, 5.74) is 0. The summed E-state index contributed by atoms with van der Waals surface area (Å²) in [6.45, 7) is 7.15. The summed E-state index contributed by atoms with van der Waals surface area (Å²) in [5.74, 6) is -1.31. The fraction of sp³-hybridized carbons (Fsp3) is 0.700. The topological polar surface area (TPSA) is 72.8 Å². The van der Waals surface area contributed by atoms with Crippen LogP contribution in [0.4, 0.5) is 0 Å². The van der Waals surface area contributed by atoms with Crippen molar-refractivity contribution in [1.82, 2.24) is 0 Å². The molecule has 0 unspecified atom stereocenters. The van der Waals surface area contributed by atoms with Crippen LogP contribution in [0.3, 0.4) is 0 Å². The molecular weight excluding hydrogens is 231 g/mol. The van der Waals surface area contributed by atoms with Crippen molar-refractivity contribution in [3.63, 3.8) is 0 Å². The first-order valence-corrected chi connectivity index (χ1v) is 6.76. The van der Waals surface area contributed by atoms with Crippen LogP contribution in [0.5, 0.6) is 0 Å². The summed E-state index contributed by atoms with van der Waals surface area (Å²) in [6, 6.07) is 0. The molecule has 0 aliphatic heterocycles. The summed E-state index contributed by atoms with van der Waals surface area (Å²) >= 11 is 0. The third kappa shape index (κ3) is 4.47. The standard InChI is InChI=1S/C10H19O5P/c1-5-14-16(13,15-6-2)9(10(11)12)7-8(3)4/h7-8H,5-6H2,1-4H3,(H,11,12)/b9-7+. The van der Waals surface area contributed by atoms with Crippen LogP contribution in [-0.4, -0.2) is 24.3 Å². The Kier molecular flexibility index (Phi) is 6.56. The highest BCUT2D eigenvalue weighted by atomic mass is 31.2. The number of hydrogen-bond acceptors (Lipinski definition) is 4. The third-order valence-electron chi connectivity index (χ3n) is 1.60. The van der Waals surface area contributed by atoms with Gasteiger partial charge in [0.2, 0.25) is 0 Å². The maximum absolute atomic E-state index is 12.2. The van der Waals surface area contributed by atoms with Gasteiger partial charge in [-0.15, -0.1) is 0 Å². The molecule has 0 bridgehead atoms. The number of aliphatic carboxylic acids is 1. The Morgan fingerprint density at radius 1 is 1.31 bits per heavy atom. The van der Waals surface area contributed by atoms with Gasteiger partial charge in [-0.3, -0.25) is 4.57 Å². The van der Waals surface area contributed by atoms with Gasteiger partial charge in [-0.25, -0.2) is 4.79 Å². The van der Waals surface area contributed by atoms with Gasteiger partial charge in [-0.2, -0.15) is 0 Å². The van der Waals surface area contributed by atoms with Crippen molar-refractivity contribution < 1.29 is 23.5 Å². The minimum Gasteiger partial charge on any atom is -0.477 e. The molecule has 0 spiro atoms. The molecule has 94 valence electrons. The van der Waals surface area contributed by atoms with E-state index in [2.05, 4.69) is 0 Å². The van der Waals surface area contributed by atoms with Gasteiger partial charge in [0, 0.05) is 0 Å². The quantitative estimate of drug-likeness (QED) is 0.555. The molecule has 0 aliphatic rings. The number of carboxylic acids is 1. The van der Waals surface area contributed by atoms with Crippen LogP contribution in [0.25, 0.3) is 0 Å². The zero-order chi connectivity index (χ0) is 12.8. The van der Waals surface area contributed by atoms with Gasteiger partial charge in [-0.1, -0.05) is 19.9 Å². The van der Waals surface area contributed by atoms with Crippen molar-refractivity contribution in [2.75, 3.05) is 13.2 Å². The largest absolute Gasteiger partial charge is 0.477 e. The van der Waals surface area contributed by atoms with E-state index in [1.165, 1.54) is 6.08 Å². The van der Waals surface area contributed by atoms with Gasteiger partial charge < -0.3 is 14.2 Å². The average molecular weight is 250 g/mol. The van der Waals surface area contributed by atoms with E-state index in [0.29, 0.717) is 0 Å². The first kappa shape index (κ1) is 15.4. The lowest BCUT2D eigenvalue weighted by atomic mass is 10.2. The molecular formula is C10H19O5P. The molecule has 0 aliphatic carbocycles. The Hall–Kier alpha value is -0.640. The van der Waals surface area contributed by atoms with E-state index in [-0.39, 0.29) is 24.4 Å². The van der Waals surface area contributed by atoms with E-state index < -0.39 is 13.6 Å². The molecule has 0 heterocycles. The van der Waals surface area contributed by atoms with Gasteiger partial charge in [0.05, 0.1) is 13.2 Å². The molecule has 0 radical (unpaired) electrons. The van der Waals surface area contributed by atoms with Crippen LogP contribution in [0.2, 0.25) is 0 Å². The SMILES string of the molecule is CCOP(=O)(OCC)/C(=C/C(C)C)C(=O)O. The summed E-state index contributed by atoms with van der Waals surface area (Å²) in [6.07, 6.45) is 1.40. The Labute approximate surface area is 96.0 Å². The van der Waals surface area contributed by atoms with E-state index in [4.69, 9.17) is 14.2 Å². The van der Waals surface area contributed by atoms with Crippen molar-refractivity contribution in [1.29, 1.82) is 0 Å². The zero-order valence-electron chi connectivity index (χ0n) is 10.1. The summed E-state index contributed by atoms with van der Waals surface area (Å²) in [4.78, 5) is 11.0. The summed E-state index contributed by atoms with van der Waals surface area (Å²) < 4.78 is 22.2. The third-order valence-corrected chi connectivity index (χ3v) is 3.73. The van der Waals surface area contributed by atoms with E-state index >= 15 is 0 Å². The van der Waals surface area contributed by atoms with Crippen LogP contribution in [0, 0.1) is 5.92 Å². The molecule has 0 atom stereocenters. The second-order valence-electron chi connectivity index (χ2n) is 3.43. The monoisotopic (exact) mass is 250 g/mol. The minimum atomic E-state index is -3.68. The molecule has 0 amide bonds. The smallest absolute Gasteiger partial charge is 0.368 e. The van der Waals surface area contributed by atoms with E-state index in [1.54, 1.807) is 27.7 Å². The van der Waals surface area contributed by atoms with Crippen molar-refractivity contribution in [3.05, 3.63) is 11.4 Å². The lowest BCUT2D eigenvalue weighted by Gasteiger charge is -2.17. The Balaban J connectivity index is 5.27. The van der Waals surface area contributed by atoms with Gasteiger partial charge in [0.25, 0.3) is 0 Å². The molecule has 6 heteroatoms. The van der Waals surface area contributed by atoms with Crippen LogP contribution in [0.1, 0.15) is 27.7 Å². The molecule has 0 aromatic rings. The first-order chi connectivity index (χ1) is 7.37. The fourth-order valence-corrected chi connectivity index (χ4v) is 2.86. The number of carbonyl (C=O) groups is 1. The van der Waals surface area contributed by atoms with E-state index in [0.717, 1.165) is 0 Å². The highest BCUT2D eigenvalue weighted by Gasteiger charge is 2.34. The lowest BCUT2D eigenvalue weighted by Crippen LogP contribution is -2.08. The second kappa shape index (κ2) is 6.84. The lowest BCUT2D eigenvalue weighted by molar-refractivity contribution is -0.132. The van der Waals surface area contributed by atoms with Crippen LogP contribution >= 0.6 is 7.60 Å². The number of hydrogen-bond donors (Lipinski definition) is 1. The summed E-state index contributed by atoms with van der Waals surface area (Å²) in [5, 5.41) is 8.72. The highest BCUT2D eigenvalue weighted by molar-refractivity contribution is 7.59. The van der Waals surface area contributed by atoms with Crippen molar-refractivity contribution in [3.8, 4) is 0 Å². The van der Waals surface area contributed by atoms with Gasteiger partial charge in [-0.05, 0) is 19.8 Å². The highest BCUT2D eigenvalue weighted by Crippen LogP contribution is 2.56. The molecule has 0 saturated carbocycles. The molecule has 5 nitrogen and oxygen atoms in total. The number of rotatable bonds is 7. The predicted octanol–water partition coefficient (Wildman–Crippen LogP) is 2.88. The van der Waals surface area contributed by atoms with E-state index in [9.17, 15) is 9.36 Å². The Bertz CT molecular complexity index is 298. The van der Waals surface area contributed by atoms with Gasteiger partial charge >= 0.3 is 13.6 Å². The maximum Gasteiger partial charge on any atom is 0.368 e. The molecule has 0 rings (SSSR count). The minimum absolute atomic E-state index is 0.0414. The molecule has 0 saturated heterocycles. The van der Waals surface area contributed by atoms with Crippen LogP contribution in [-0.2, 0) is 18.4 Å². The molecule has 16 heavy (non-hydrogen) atoms. The molecule has 0 aromatic carbocycles. The summed E-state index contributed by atoms with van der Waals surface area (Å²) in [7, 11) is -3.68. The van der Waals surface area contributed by atoms with Crippen LogP contribution in [0.15, 0.2) is 11.4 Å². The molecule has 0 fully saturated rings. The predicted molar refractivity (Wildman–Crippen MR) is 61.4 cm³/mol. The fourth-order valence-electron chi connectivity index (χ4n) is 1.11. The average Bonchev–Trinajstić information content (AvgIpc) is 2.14. The van der Waals surface area contributed by atoms with Gasteiger partial charge in [0.1, 0.15) is 5.31 Å². The maximum atomic E-state index is 12.2. The Morgan fingerprint density at radius 2 is 1.75 bits per heavy atom. The van der Waals surface area contributed by atoms with Crippen molar-refractivity contribution in [2.24, 2.45) is 5.92 Å². The second-order valence-corrected chi connectivity index (χ2v) is 5.43. The molecule has 0 aromatic heterocycles.